The quantitative estimate of drug-likeness (QED) is 0.864. The third-order valence-electron chi connectivity index (χ3n) is 3.86. The Kier molecular flexibility index (Phi) is 5.83. The summed E-state index contributed by atoms with van der Waals surface area (Å²) in [5.74, 6) is -0.275. The number of hydrogen-bond donors (Lipinski definition) is 2. The number of nitrogens with one attached hydrogen (secondary N) is 2. The molecule has 6 heteroatoms. The molecule has 0 unspecified atom stereocenters. The van der Waals surface area contributed by atoms with E-state index in [1.807, 2.05) is 0 Å². The summed E-state index contributed by atoms with van der Waals surface area (Å²) in [4.78, 5) is 11.8. The molecule has 122 valence electrons. The summed E-state index contributed by atoms with van der Waals surface area (Å²) in [7, 11) is 0. The fourth-order valence-electron chi connectivity index (χ4n) is 2.69. The molecule has 2 N–H and O–H groups in total. The maximum Gasteiger partial charge on any atom is 0.416 e. The molecule has 0 aliphatic heterocycles. The molecule has 1 aromatic rings. The first-order chi connectivity index (χ1) is 10.4. The Morgan fingerprint density at radius 3 is 2.59 bits per heavy atom. The Bertz CT molecular complexity index is 496. The van der Waals surface area contributed by atoms with Crippen molar-refractivity contribution in [1.82, 2.24) is 5.32 Å². The molecule has 1 aliphatic rings. The Morgan fingerprint density at radius 2 is 1.91 bits per heavy atom. The molecule has 0 saturated heterocycles. The zero-order valence-corrected chi connectivity index (χ0v) is 12.4. The molecular formula is C16H21F3N2O. The second-order valence-corrected chi connectivity index (χ2v) is 5.67. The van der Waals surface area contributed by atoms with E-state index >= 15 is 0 Å². The second-order valence-electron chi connectivity index (χ2n) is 5.67. The maximum absolute atomic E-state index is 12.6. The summed E-state index contributed by atoms with van der Waals surface area (Å²) in [6.45, 7) is 0.551. The molecule has 0 aromatic heterocycles. The predicted octanol–water partition coefficient (Wildman–Crippen LogP) is 3.96. The van der Waals surface area contributed by atoms with Gasteiger partial charge in [-0.2, -0.15) is 13.2 Å². The number of benzene rings is 1. The van der Waals surface area contributed by atoms with Gasteiger partial charge in [0.2, 0.25) is 5.91 Å². The van der Waals surface area contributed by atoms with Crippen molar-refractivity contribution in [1.29, 1.82) is 0 Å². The summed E-state index contributed by atoms with van der Waals surface area (Å²) < 4.78 is 37.8. The van der Waals surface area contributed by atoms with Gasteiger partial charge in [0.1, 0.15) is 0 Å². The molecule has 1 aliphatic carbocycles. The average molecular weight is 314 g/mol. The molecule has 0 radical (unpaired) electrons. The van der Waals surface area contributed by atoms with Crippen LogP contribution < -0.4 is 10.6 Å². The van der Waals surface area contributed by atoms with Gasteiger partial charge in [0, 0.05) is 24.7 Å². The van der Waals surface area contributed by atoms with Crippen LogP contribution >= 0.6 is 0 Å². The number of rotatable bonds is 5. The third-order valence-corrected chi connectivity index (χ3v) is 3.86. The molecule has 1 aromatic carbocycles. The van der Waals surface area contributed by atoms with Crippen LogP contribution in [0.1, 0.15) is 44.1 Å². The Morgan fingerprint density at radius 1 is 1.18 bits per heavy atom. The van der Waals surface area contributed by atoms with Crippen molar-refractivity contribution in [3.8, 4) is 0 Å². The number of hydrogen-bond acceptors (Lipinski definition) is 2. The van der Waals surface area contributed by atoms with E-state index in [4.69, 9.17) is 0 Å². The topological polar surface area (TPSA) is 41.1 Å². The van der Waals surface area contributed by atoms with Gasteiger partial charge in [0.15, 0.2) is 0 Å². The SMILES string of the molecule is O=C(CCNC1CCCCC1)Nc1cccc(C(F)(F)F)c1. The van der Waals surface area contributed by atoms with Gasteiger partial charge < -0.3 is 10.6 Å². The smallest absolute Gasteiger partial charge is 0.326 e. The third kappa shape index (κ3) is 5.33. The van der Waals surface area contributed by atoms with Gasteiger partial charge in [-0.25, -0.2) is 0 Å². The zero-order chi connectivity index (χ0) is 16.0. The van der Waals surface area contributed by atoms with Crippen molar-refractivity contribution in [2.45, 2.75) is 50.7 Å². The standard InChI is InChI=1S/C16H21F3N2O/c17-16(18,19)12-5-4-8-14(11-12)21-15(22)9-10-20-13-6-2-1-3-7-13/h4-5,8,11,13,20H,1-3,6-7,9-10H2,(H,21,22). The van der Waals surface area contributed by atoms with Crippen LogP contribution in [0.15, 0.2) is 24.3 Å². The van der Waals surface area contributed by atoms with Crippen LogP contribution in [-0.4, -0.2) is 18.5 Å². The average Bonchev–Trinajstić information content (AvgIpc) is 2.48. The van der Waals surface area contributed by atoms with E-state index in [1.54, 1.807) is 0 Å². The molecule has 0 spiro atoms. The van der Waals surface area contributed by atoms with E-state index < -0.39 is 11.7 Å². The molecule has 1 fully saturated rings. The summed E-state index contributed by atoms with van der Waals surface area (Å²) >= 11 is 0. The normalized spacial score (nSPS) is 16.5. The van der Waals surface area contributed by atoms with Crippen LogP contribution in [0.4, 0.5) is 18.9 Å². The first-order valence-electron chi connectivity index (χ1n) is 7.65. The molecule has 0 heterocycles. The monoisotopic (exact) mass is 314 g/mol. The summed E-state index contributed by atoms with van der Waals surface area (Å²) in [5, 5.41) is 5.85. The molecule has 3 nitrogen and oxygen atoms in total. The number of halogens is 3. The Balaban J connectivity index is 1.77. The number of anilines is 1. The van der Waals surface area contributed by atoms with E-state index in [0.717, 1.165) is 25.0 Å². The molecule has 1 amide bonds. The van der Waals surface area contributed by atoms with E-state index in [-0.39, 0.29) is 18.0 Å². The largest absolute Gasteiger partial charge is 0.416 e. The van der Waals surface area contributed by atoms with Crippen LogP contribution in [-0.2, 0) is 11.0 Å². The minimum atomic E-state index is -4.40. The van der Waals surface area contributed by atoms with E-state index in [9.17, 15) is 18.0 Å². The number of alkyl halides is 3. The van der Waals surface area contributed by atoms with Gasteiger partial charge in [-0.15, -0.1) is 0 Å². The van der Waals surface area contributed by atoms with E-state index in [1.165, 1.54) is 31.4 Å². The van der Waals surface area contributed by atoms with Crippen molar-refractivity contribution in [2.24, 2.45) is 0 Å². The molecule has 2 rings (SSSR count). The lowest BCUT2D eigenvalue weighted by Crippen LogP contribution is -2.33. The predicted molar refractivity (Wildman–Crippen MR) is 79.6 cm³/mol. The second kappa shape index (κ2) is 7.63. The number of carbonyl (C=O) groups excluding carboxylic acids is 1. The highest BCUT2D eigenvalue weighted by Gasteiger charge is 2.30. The highest BCUT2D eigenvalue weighted by Crippen LogP contribution is 2.30. The van der Waals surface area contributed by atoms with Gasteiger partial charge in [-0.05, 0) is 31.0 Å². The fourth-order valence-corrected chi connectivity index (χ4v) is 2.69. The lowest BCUT2D eigenvalue weighted by atomic mass is 9.95. The van der Waals surface area contributed by atoms with Crippen molar-refractivity contribution >= 4 is 11.6 Å². The summed E-state index contributed by atoms with van der Waals surface area (Å²) in [6.07, 6.45) is 1.83. The lowest BCUT2D eigenvalue weighted by molar-refractivity contribution is -0.137. The van der Waals surface area contributed by atoms with Crippen LogP contribution in [0, 0.1) is 0 Å². The van der Waals surface area contributed by atoms with Crippen LogP contribution in [0.2, 0.25) is 0 Å². The van der Waals surface area contributed by atoms with Gasteiger partial charge in [0.25, 0.3) is 0 Å². The first kappa shape index (κ1) is 16.8. The van der Waals surface area contributed by atoms with Crippen molar-refractivity contribution in [3.05, 3.63) is 29.8 Å². The number of amides is 1. The van der Waals surface area contributed by atoms with Gasteiger partial charge >= 0.3 is 6.18 Å². The van der Waals surface area contributed by atoms with Crippen molar-refractivity contribution < 1.29 is 18.0 Å². The van der Waals surface area contributed by atoms with Gasteiger partial charge in [0.05, 0.1) is 5.56 Å². The van der Waals surface area contributed by atoms with Crippen molar-refractivity contribution in [2.75, 3.05) is 11.9 Å². The van der Waals surface area contributed by atoms with Gasteiger partial charge in [-0.3, -0.25) is 4.79 Å². The molecule has 22 heavy (non-hydrogen) atoms. The highest BCUT2D eigenvalue weighted by molar-refractivity contribution is 5.90. The minimum absolute atomic E-state index is 0.178. The first-order valence-corrected chi connectivity index (χ1v) is 7.65. The maximum atomic E-state index is 12.6. The molecule has 1 saturated carbocycles. The minimum Gasteiger partial charge on any atom is -0.326 e. The highest BCUT2D eigenvalue weighted by atomic mass is 19.4. The van der Waals surface area contributed by atoms with Crippen LogP contribution in [0.25, 0.3) is 0 Å². The van der Waals surface area contributed by atoms with Gasteiger partial charge in [-0.1, -0.05) is 25.3 Å². The Hall–Kier alpha value is -1.56. The van der Waals surface area contributed by atoms with Crippen molar-refractivity contribution in [3.63, 3.8) is 0 Å². The molecular weight excluding hydrogens is 293 g/mol. The summed E-state index contributed by atoms with van der Waals surface area (Å²) in [5.41, 5.74) is -0.580. The van der Waals surface area contributed by atoms with E-state index in [0.29, 0.717) is 12.6 Å². The molecule has 0 atom stereocenters. The zero-order valence-electron chi connectivity index (χ0n) is 12.4. The molecule has 0 bridgehead atoms. The Labute approximate surface area is 128 Å². The fraction of sp³-hybridized carbons (Fsp3) is 0.562. The number of carbonyl (C=O) groups is 1. The van der Waals surface area contributed by atoms with Crippen LogP contribution in [0.3, 0.4) is 0 Å². The lowest BCUT2D eigenvalue weighted by Gasteiger charge is -2.22. The summed E-state index contributed by atoms with van der Waals surface area (Å²) in [6, 6.07) is 5.16. The van der Waals surface area contributed by atoms with E-state index in [2.05, 4.69) is 10.6 Å². The van der Waals surface area contributed by atoms with Crippen LogP contribution in [0.5, 0.6) is 0 Å².